The first-order valence-electron chi connectivity index (χ1n) is 10.3. The van der Waals surface area contributed by atoms with Crippen LogP contribution in [0.25, 0.3) is 0 Å². The van der Waals surface area contributed by atoms with Crippen molar-refractivity contribution in [3.8, 4) is 5.75 Å². The van der Waals surface area contributed by atoms with Crippen LogP contribution in [0.1, 0.15) is 32.6 Å². The zero-order valence-electron chi connectivity index (χ0n) is 17.5. The van der Waals surface area contributed by atoms with Crippen LogP contribution in [0.5, 0.6) is 5.75 Å². The second-order valence-corrected chi connectivity index (χ2v) is 12.1. The number of carbonyl (C=O) groups is 1. The molecule has 0 N–H and O–H groups in total. The van der Waals surface area contributed by atoms with Gasteiger partial charge in [-0.3, -0.25) is 4.79 Å². The number of hydrogen-bond acceptors (Lipinski definition) is 6. The van der Waals surface area contributed by atoms with E-state index in [0.29, 0.717) is 38.1 Å². The third-order valence-corrected chi connectivity index (χ3v) is 9.46. The van der Waals surface area contributed by atoms with Crippen LogP contribution in [0.4, 0.5) is 0 Å². The lowest BCUT2D eigenvalue weighted by molar-refractivity contribution is -0.138. The van der Waals surface area contributed by atoms with E-state index < -0.39 is 25.8 Å². The Hall–Kier alpha value is -1.65. The molecule has 10 heteroatoms. The number of amides is 1. The summed E-state index contributed by atoms with van der Waals surface area (Å²) in [5.41, 5.74) is 0. The van der Waals surface area contributed by atoms with Crippen molar-refractivity contribution in [1.29, 1.82) is 0 Å². The van der Waals surface area contributed by atoms with Crippen LogP contribution in [0, 0.1) is 5.92 Å². The summed E-state index contributed by atoms with van der Waals surface area (Å²) in [7, 11) is -5.31. The second kappa shape index (κ2) is 9.23. The van der Waals surface area contributed by atoms with Crippen molar-refractivity contribution in [2.24, 2.45) is 5.92 Å². The number of rotatable bonds is 7. The third-order valence-electron chi connectivity index (χ3n) is 5.83. The molecule has 2 aliphatic heterocycles. The number of sulfonamides is 1. The summed E-state index contributed by atoms with van der Waals surface area (Å²) in [6.07, 6.45) is 2.37. The van der Waals surface area contributed by atoms with E-state index in [9.17, 15) is 21.6 Å². The monoisotopic (exact) mass is 458 g/mol. The summed E-state index contributed by atoms with van der Waals surface area (Å²) in [5, 5.41) is 0. The number of ether oxygens (including phenoxy) is 1. The molecule has 0 radical (unpaired) electrons. The van der Waals surface area contributed by atoms with Crippen LogP contribution in [0.3, 0.4) is 0 Å². The largest absolute Gasteiger partial charge is 0.497 e. The van der Waals surface area contributed by atoms with Crippen molar-refractivity contribution in [2.75, 3.05) is 38.2 Å². The highest BCUT2D eigenvalue weighted by Crippen LogP contribution is 2.28. The summed E-state index contributed by atoms with van der Waals surface area (Å²) < 4.78 is 56.4. The van der Waals surface area contributed by atoms with Crippen LogP contribution in [0.2, 0.25) is 0 Å². The van der Waals surface area contributed by atoms with E-state index in [1.807, 2.05) is 6.92 Å². The molecule has 0 spiro atoms. The van der Waals surface area contributed by atoms with Gasteiger partial charge in [0.1, 0.15) is 5.75 Å². The van der Waals surface area contributed by atoms with Gasteiger partial charge in [0.25, 0.3) is 0 Å². The van der Waals surface area contributed by atoms with Gasteiger partial charge in [-0.25, -0.2) is 16.8 Å². The highest BCUT2D eigenvalue weighted by Gasteiger charge is 2.39. The maximum Gasteiger partial charge on any atom is 0.243 e. The highest BCUT2D eigenvalue weighted by molar-refractivity contribution is 7.91. The Bertz CT molecular complexity index is 960. The average molecular weight is 459 g/mol. The van der Waals surface area contributed by atoms with Gasteiger partial charge in [-0.2, -0.15) is 4.31 Å². The lowest BCUT2D eigenvalue weighted by Gasteiger charge is -2.36. The molecule has 0 unspecified atom stereocenters. The fourth-order valence-electron chi connectivity index (χ4n) is 4.23. The van der Waals surface area contributed by atoms with Crippen LogP contribution in [-0.4, -0.2) is 76.2 Å². The number of sulfone groups is 1. The van der Waals surface area contributed by atoms with Gasteiger partial charge in [0.2, 0.25) is 15.9 Å². The molecule has 1 aromatic rings. The SMILES string of the molecule is CCCN(C(=O)[C@@H]1CCCN(S(=O)(=O)c2ccc(OC)cc2)C1)[C@@H]1CCS(=O)(=O)C1. The lowest BCUT2D eigenvalue weighted by atomic mass is 9.97. The topological polar surface area (TPSA) is 101 Å². The van der Waals surface area contributed by atoms with Gasteiger partial charge in [-0.1, -0.05) is 6.92 Å². The van der Waals surface area contributed by atoms with E-state index in [-0.39, 0.29) is 34.9 Å². The van der Waals surface area contributed by atoms with Crippen molar-refractivity contribution in [3.63, 3.8) is 0 Å². The minimum Gasteiger partial charge on any atom is -0.497 e. The minimum atomic E-state index is -3.72. The van der Waals surface area contributed by atoms with Crippen molar-refractivity contribution in [3.05, 3.63) is 24.3 Å². The number of nitrogens with zero attached hydrogens (tertiary/aromatic N) is 2. The molecule has 3 rings (SSSR count). The van der Waals surface area contributed by atoms with Gasteiger partial charge in [0, 0.05) is 25.7 Å². The molecule has 2 heterocycles. The Morgan fingerprint density at radius 1 is 1.23 bits per heavy atom. The molecule has 2 fully saturated rings. The van der Waals surface area contributed by atoms with E-state index in [2.05, 4.69) is 0 Å². The summed E-state index contributed by atoms with van der Waals surface area (Å²) >= 11 is 0. The lowest BCUT2D eigenvalue weighted by Crippen LogP contribution is -2.50. The van der Waals surface area contributed by atoms with Crippen molar-refractivity contribution < 1.29 is 26.4 Å². The average Bonchev–Trinajstić information content (AvgIpc) is 3.11. The zero-order valence-corrected chi connectivity index (χ0v) is 19.1. The van der Waals surface area contributed by atoms with Gasteiger partial charge >= 0.3 is 0 Å². The van der Waals surface area contributed by atoms with Crippen molar-refractivity contribution in [2.45, 2.75) is 43.5 Å². The zero-order chi connectivity index (χ0) is 21.9. The Kier molecular flexibility index (Phi) is 7.09. The summed E-state index contributed by atoms with van der Waals surface area (Å²) in [6.45, 7) is 2.92. The third kappa shape index (κ3) is 4.97. The summed E-state index contributed by atoms with van der Waals surface area (Å²) in [4.78, 5) is 15.1. The van der Waals surface area contributed by atoms with Crippen LogP contribution in [0.15, 0.2) is 29.2 Å². The summed E-state index contributed by atoms with van der Waals surface area (Å²) in [5.74, 6) is 0.0882. The number of benzene rings is 1. The number of methoxy groups -OCH3 is 1. The normalized spacial score (nSPS) is 24.5. The van der Waals surface area contributed by atoms with Crippen LogP contribution in [-0.2, 0) is 24.7 Å². The maximum atomic E-state index is 13.3. The van der Waals surface area contributed by atoms with E-state index in [1.165, 1.54) is 23.5 Å². The Morgan fingerprint density at radius 3 is 2.50 bits per heavy atom. The fraction of sp³-hybridized carbons (Fsp3) is 0.650. The van der Waals surface area contributed by atoms with Crippen molar-refractivity contribution >= 4 is 25.8 Å². The molecule has 2 aliphatic rings. The molecule has 8 nitrogen and oxygen atoms in total. The molecule has 2 saturated heterocycles. The Morgan fingerprint density at radius 2 is 1.93 bits per heavy atom. The first-order valence-corrected chi connectivity index (χ1v) is 13.6. The number of piperidine rings is 1. The Labute approximate surface area is 179 Å². The molecule has 0 aliphatic carbocycles. The van der Waals surface area contributed by atoms with Crippen molar-refractivity contribution in [1.82, 2.24) is 9.21 Å². The predicted molar refractivity (Wildman–Crippen MR) is 114 cm³/mol. The number of hydrogen-bond donors (Lipinski definition) is 0. The molecule has 0 saturated carbocycles. The summed E-state index contributed by atoms with van der Waals surface area (Å²) in [6, 6.07) is 5.90. The minimum absolute atomic E-state index is 0.000673. The first kappa shape index (κ1) is 23.0. The molecular formula is C20H30N2O6S2. The Balaban J connectivity index is 1.75. The second-order valence-electron chi connectivity index (χ2n) is 7.97. The van der Waals surface area contributed by atoms with E-state index in [1.54, 1.807) is 17.0 Å². The quantitative estimate of drug-likeness (QED) is 0.614. The van der Waals surface area contributed by atoms with E-state index in [4.69, 9.17) is 4.74 Å². The van der Waals surface area contributed by atoms with E-state index >= 15 is 0 Å². The smallest absolute Gasteiger partial charge is 0.243 e. The molecule has 2 atom stereocenters. The molecule has 0 aromatic heterocycles. The molecule has 1 amide bonds. The first-order chi connectivity index (χ1) is 14.2. The van der Waals surface area contributed by atoms with E-state index in [0.717, 1.165) is 6.42 Å². The standard InChI is InChI=1S/C20H30N2O6S2/c1-3-11-22(17-10-13-29(24,25)15-17)20(23)16-5-4-12-21(14-16)30(26,27)19-8-6-18(28-2)7-9-19/h6-9,16-17H,3-5,10-15H2,1-2H3/t16-,17-/m1/s1. The van der Waals surface area contributed by atoms with Gasteiger partial charge in [-0.15, -0.1) is 0 Å². The predicted octanol–water partition coefficient (Wildman–Crippen LogP) is 1.52. The highest BCUT2D eigenvalue weighted by atomic mass is 32.2. The molecule has 0 bridgehead atoms. The van der Waals surface area contributed by atoms with Crippen LogP contribution < -0.4 is 4.74 Å². The molecule has 1 aromatic carbocycles. The molecule has 30 heavy (non-hydrogen) atoms. The van der Waals surface area contributed by atoms with Crippen LogP contribution >= 0.6 is 0 Å². The molecule has 168 valence electrons. The van der Waals surface area contributed by atoms with Gasteiger partial charge in [-0.05, 0) is 49.9 Å². The maximum absolute atomic E-state index is 13.3. The van der Waals surface area contributed by atoms with Gasteiger partial charge < -0.3 is 9.64 Å². The fourth-order valence-corrected chi connectivity index (χ4v) is 7.48. The van der Waals surface area contributed by atoms with Gasteiger partial charge in [0.05, 0.1) is 29.4 Å². The number of carbonyl (C=O) groups excluding carboxylic acids is 1. The van der Waals surface area contributed by atoms with Gasteiger partial charge in [0.15, 0.2) is 9.84 Å². The molecular weight excluding hydrogens is 428 g/mol.